The molecule has 25 heavy (non-hydrogen) atoms. The summed E-state index contributed by atoms with van der Waals surface area (Å²) in [7, 11) is 0. The van der Waals surface area contributed by atoms with Gasteiger partial charge in [0.1, 0.15) is 23.7 Å². The van der Waals surface area contributed by atoms with Gasteiger partial charge in [-0.15, -0.1) is 0 Å². The third kappa shape index (κ3) is 3.67. The van der Waals surface area contributed by atoms with E-state index in [1.165, 1.54) is 0 Å². The third-order valence-corrected chi connectivity index (χ3v) is 4.10. The molecule has 1 amide bonds. The van der Waals surface area contributed by atoms with Crippen molar-refractivity contribution >= 4 is 5.91 Å². The second-order valence-electron chi connectivity index (χ2n) is 5.94. The van der Waals surface area contributed by atoms with E-state index in [4.69, 9.17) is 10.00 Å². The van der Waals surface area contributed by atoms with Crippen LogP contribution in [0.2, 0.25) is 0 Å². The van der Waals surface area contributed by atoms with Gasteiger partial charge in [-0.1, -0.05) is 6.92 Å². The maximum absolute atomic E-state index is 12.7. The number of carbonyl (C=O) groups excluding carboxylic acids is 1. The number of hydrogen-bond donors (Lipinski definition) is 1. The van der Waals surface area contributed by atoms with Gasteiger partial charge >= 0.3 is 0 Å². The number of nitrogens with one attached hydrogen (secondary N) is 1. The standard InChI is InChI=1S/C17H20N6O2/c1-3-4-15-20-16(22-21-15)14-10-23(7-8-25-14)17(24)13-6-5-12(9-18)11(2)19-13/h5-6,14H,3-4,7-8,10H2,1-2H3,(H,20,21,22)/t14-/m0/s1. The van der Waals surface area contributed by atoms with Crippen LogP contribution in [0, 0.1) is 18.3 Å². The monoisotopic (exact) mass is 340 g/mol. The quantitative estimate of drug-likeness (QED) is 0.904. The number of H-pyrrole nitrogens is 1. The van der Waals surface area contributed by atoms with Gasteiger partial charge in [0.2, 0.25) is 0 Å². The molecule has 1 N–H and O–H groups in total. The van der Waals surface area contributed by atoms with Crippen molar-refractivity contribution in [3.63, 3.8) is 0 Å². The van der Waals surface area contributed by atoms with Crippen LogP contribution in [0.1, 0.15) is 52.8 Å². The molecule has 0 unspecified atom stereocenters. The summed E-state index contributed by atoms with van der Waals surface area (Å²) in [5, 5.41) is 16.1. The smallest absolute Gasteiger partial charge is 0.272 e. The first-order valence-corrected chi connectivity index (χ1v) is 8.32. The highest BCUT2D eigenvalue weighted by atomic mass is 16.5. The van der Waals surface area contributed by atoms with Crippen molar-refractivity contribution in [2.75, 3.05) is 19.7 Å². The molecule has 0 saturated carbocycles. The predicted octanol–water partition coefficient (Wildman–Crippen LogP) is 1.55. The first-order chi connectivity index (χ1) is 12.1. The van der Waals surface area contributed by atoms with Gasteiger partial charge < -0.3 is 9.64 Å². The molecule has 8 nitrogen and oxygen atoms in total. The van der Waals surface area contributed by atoms with Gasteiger partial charge in [0.15, 0.2) is 5.82 Å². The van der Waals surface area contributed by atoms with Crippen LogP contribution >= 0.6 is 0 Å². The Kier molecular flexibility index (Phi) is 5.05. The lowest BCUT2D eigenvalue weighted by Crippen LogP contribution is -2.42. The Balaban J connectivity index is 1.73. The van der Waals surface area contributed by atoms with Gasteiger partial charge in [0, 0.05) is 13.0 Å². The van der Waals surface area contributed by atoms with Gasteiger partial charge in [-0.2, -0.15) is 10.4 Å². The summed E-state index contributed by atoms with van der Waals surface area (Å²) in [6, 6.07) is 5.27. The van der Waals surface area contributed by atoms with Crippen molar-refractivity contribution in [3.8, 4) is 6.07 Å². The molecule has 3 rings (SSSR count). The summed E-state index contributed by atoms with van der Waals surface area (Å²) >= 11 is 0. The Morgan fingerprint density at radius 2 is 2.32 bits per heavy atom. The number of aromatic amines is 1. The van der Waals surface area contributed by atoms with Crippen LogP contribution in [0.15, 0.2) is 12.1 Å². The lowest BCUT2D eigenvalue weighted by molar-refractivity contribution is -0.0268. The molecular formula is C17H20N6O2. The van der Waals surface area contributed by atoms with E-state index in [0.717, 1.165) is 18.7 Å². The molecule has 1 fully saturated rings. The lowest BCUT2D eigenvalue weighted by Gasteiger charge is -2.31. The molecule has 1 aliphatic heterocycles. The first-order valence-electron chi connectivity index (χ1n) is 8.32. The van der Waals surface area contributed by atoms with Gasteiger partial charge in [-0.25, -0.2) is 9.97 Å². The highest BCUT2D eigenvalue weighted by Gasteiger charge is 2.29. The van der Waals surface area contributed by atoms with Crippen molar-refractivity contribution in [3.05, 3.63) is 40.7 Å². The molecule has 3 heterocycles. The predicted molar refractivity (Wildman–Crippen MR) is 88.7 cm³/mol. The zero-order valence-electron chi connectivity index (χ0n) is 14.3. The normalized spacial score (nSPS) is 17.3. The number of nitrogens with zero attached hydrogens (tertiary/aromatic N) is 5. The van der Waals surface area contributed by atoms with Gasteiger partial charge in [0.25, 0.3) is 5.91 Å². The summed E-state index contributed by atoms with van der Waals surface area (Å²) in [4.78, 5) is 23.1. The Morgan fingerprint density at radius 1 is 1.48 bits per heavy atom. The zero-order valence-corrected chi connectivity index (χ0v) is 14.3. The molecular weight excluding hydrogens is 320 g/mol. The van der Waals surface area contributed by atoms with E-state index in [-0.39, 0.29) is 12.0 Å². The third-order valence-electron chi connectivity index (χ3n) is 4.10. The minimum absolute atomic E-state index is 0.176. The summed E-state index contributed by atoms with van der Waals surface area (Å²) in [5.74, 6) is 1.23. The molecule has 0 aromatic carbocycles. The average molecular weight is 340 g/mol. The number of carbonyl (C=O) groups is 1. The molecule has 1 aliphatic rings. The van der Waals surface area contributed by atoms with Crippen LogP contribution in [0.25, 0.3) is 0 Å². The Hall–Kier alpha value is -2.79. The highest BCUT2D eigenvalue weighted by molar-refractivity contribution is 5.92. The minimum Gasteiger partial charge on any atom is -0.366 e. The van der Waals surface area contributed by atoms with E-state index in [9.17, 15) is 4.79 Å². The molecule has 0 spiro atoms. The Morgan fingerprint density at radius 3 is 3.04 bits per heavy atom. The fourth-order valence-corrected chi connectivity index (χ4v) is 2.75. The van der Waals surface area contributed by atoms with Crippen LogP contribution in [-0.2, 0) is 11.2 Å². The number of ether oxygens (including phenoxy) is 1. The summed E-state index contributed by atoms with van der Waals surface area (Å²) in [5.41, 5.74) is 1.36. The van der Waals surface area contributed by atoms with Crippen LogP contribution in [0.3, 0.4) is 0 Å². The van der Waals surface area contributed by atoms with Crippen LogP contribution in [-0.4, -0.2) is 50.7 Å². The first kappa shape index (κ1) is 17.0. The second-order valence-corrected chi connectivity index (χ2v) is 5.94. The molecule has 0 radical (unpaired) electrons. The number of amides is 1. The van der Waals surface area contributed by atoms with Crippen LogP contribution in [0.5, 0.6) is 0 Å². The molecule has 1 atom stereocenters. The summed E-state index contributed by atoms with van der Waals surface area (Å²) in [6.45, 7) is 5.08. The molecule has 0 aliphatic carbocycles. The lowest BCUT2D eigenvalue weighted by atomic mass is 10.2. The zero-order chi connectivity index (χ0) is 17.8. The van der Waals surface area contributed by atoms with Crippen molar-refractivity contribution in [1.82, 2.24) is 25.1 Å². The van der Waals surface area contributed by atoms with E-state index in [1.807, 2.05) is 0 Å². The summed E-state index contributed by atoms with van der Waals surface area (Å²) in [6.07, 6.45) is 1.46. The second kappa shape index (κ2) is 7.40. The highest BCUT2D eigenvalue weighted by Crippen LogP contribution is 2.21. The average Bonchev–Trinajstić information content (AvgIpc) is 3.10. The van der Waals surface area contributed by atoms with Crippen molar-refractivity contribution in [2.24, 2.45) is 0 Å². The molecule has 130 valence electrons. The number of nitriles is 1. The van der Waals surface area contributed by atoms with Crippen LogP contribution in [0.4, 0.5) is 0 Å². The van der Waals surface area contributed by atoms with E-state index >= 15 is 0 Å². The SMILES string of the molecule is CCCc1nc([C@@H]2CN(C(=O)c3ccc(C#N)c(C)n3)CCO2)n[nH]1. The number of pyridine rings is 1. The number of aromatic nitrogens is 4. The number of aryl methyl sites for hydroxylation is 2. The van der Waals surface area contributed by atoms with Crippen LogP contribution < -0.4 is 0 Å². The molecule has 8 heteroatoms. The van der Waals surface area contributed by atoms with Crippen molar-refractivity contribution < 1.29 is 9.53 Å². The molecule has 2 aromatic rings. The van der Waals surface area contributed by atoms with E-state index in [2.05, 4.69) is 33.2 Å². The molecule has 2 aromatic heterocycles. The Labute approximate surface area is 145 Å². The number of hydrogen-bond acceptors (Lipinski definition) is 6. The fraction of sp³-hybridized carbons (Fsp3) is 0.471. The van der Waals surface area contributed by atoms with E-state index in [1.54, 1.807) is 24.0 Å². The fourth-order valence-electron chi connectivity index (χ4n) is 2.75. The largest absolute Gasteiger partial charge is 0.366 e. The molecule has 1 saturated heterocycles. The van der Waals surface area contributed by atoms with Gasteiger partial charge in [-0.3, -0.25) is 9.89 Å². The van der Waals surface area contributed by atoms with Gasteiger partial charge in [0.05, 0.1) is 24.4 Å². The number of rotatable bonds is 4. The topological polar surface area (TPSA) is 108 Å². The van der Waals surface area contributed by atoms with E-state index in [0.29, 0.717) is 42.5 Å². The van der Waals surface area contributed by atoms with Gasteiger partial charge in [-0.05, 0) is 25.5 Å². The maximum atomic E-state index is 12.7. The van der Waals surface area contributed by atoms with Crippen molar-refractivity contribution in [2.45, 2.75) is 32.8 Å². The maximum Gasteiger partial charge on any atom is 0.272 e. The minimum atomic E-state index is -0.348. The number of morpholine rings is 1. The van der Waals surface area contributed by atoms with Crippen molar-refractivity contribution in [1.29, 1.82) is 5.26 Å². The molecule has 0 bridgehead atoms. The Bertz CT molecular complexity index is 810. The summed E-state index contributed by atoms with van der Waals surface area (Å²) < 4.78 is 5.73. The van der Waals surface area contributed by atoms with E-state index < -0.39 is 0 Å².